The van der Waals surface area contributed by atoms with Crippen LogP contribution in [0.25, 0.3) is 34.2 Å². The zero-order valence-electron chi connectivity index (χ0n) is 29.8. The number of hydrogen-bond acceptors (Lipinski definition) is 6. The lowest BCUT2D eigenvalue weighted by atomic mass is 9.92. The summed E-state index contributed by atoms with van der Waals surface area (Å²) in [6.07, 6.45) is 12.9. The molecular weight excluding hydrogens is 594 g/mol. The summed E-state index contributed by atoms with van der Waals surface area (Å²) in [6.45, 7) is 11.7. The van der Waals surface area contributed by atoms with Crippen molar-refractivity contribution in [2.75, 3.05) is 6.61 Å². The molecule has 3 unspecified atom stereocenters. The lowest BCUT2D eigenvalue weighted by molar-refractivity contribution is 0.0421. The first-order valence-corrected chi connectivity index (χ1v) is 18.2. The van der Waals surface area contributed by atoms with E-state index in [-0.39, 0.29) is 11.7 Å². The Kier molecular flexibility index (Phi) is 14.6. The Morgan fingerprint density at radius 1 is 0.667 bits per heavy atom. The maximum absolute atomic E-state index is 13.2. The molecule has 0 saturated carbocycles. The van der Waals surface area contributed by atoms with Gasteiger partial charge in [-0.05, 0) is 66.8 Å². The Morgan fingerprint density at radius 2 is 1.23 bits per heavy atom. The van der Waals surface area contributed by atoms with Crippen molar-refractivity contribution in [2.45, 2.75) is 105 Å². The van der Waals surface area contributed by atoms with E-state index in [1.165, 1.54) is 51.4 Å². The van der Waals surface area contributed by atoms with E-state index in [0.29, 0.717) is 41.1 Å². The molecule has 3 aromatic carbocycles. The fourth-order valence-electron chi connectivity index (χ4n) is 6.06. The molecule has 0 bridgehead atoms. The SMILES string of the molecule is CCc1ccccc1-c1nc(-c2ccc(C(=O)OCC(CCCCCC(C)CC)CCCC(C)CC)cc2)nc(-c2ccccc2O)n1. The van der Waals surface area contributed by atoms with Crippen molar-refractivity contribution in [3.63, 3.8) is 0 Å². The number of unbranched alkanes of at least 4 members (excludes halogenated alkanes) is 2. The number of esters is 1. The van der Waals surface area contributed by atoms with Crippen LogP contribution < -0.4 is 0 Å². The van der Waals surface area contributed by atoms with Crippen molar-refractivity contribution in [1.82, 2.24) is 15.0 Å². The summed E-state index contributed by atoms with van der Waals surface area (Å²) in [5.41, 5.74) is 3.85. The summed E-state index contributed by atoms with van der Waals surface area (Å²) >= 11 is 0. The van der Waals surface area contributed by atoms with E-state index in [9.17, 15) is 9.90 Å². The third-order valence-corrected chi connectivity index (χ3v) is 9.76. The molecule has 6 nitrogen and oxygen atoms in total. The van der Waals surface area contributed by atoms with Crippen molar-refractivity contribution < 1.29 is 14.6 Å². The highest BCUT2D eigenvalue weighted by molar-refractivity contribution is 5.90. The predicted octanol–water partition coefficient (Wildman–Crippen LogP) is 11.1. The molecule has 0 fully saturated rings. The molecule has 4 rings (SSSR count). The van der Waals surface area contributed by atoms with Crippen LogP contribution in [0.2, 0.25) is 0 Å². The van der Waals surface area contributed by atoms with E-state index in [4.69, 9.17) is 19.7 Å². The highest BCUT2D eigenvalue weighted by atomic mass is 16.5. The second-order valence-corrected chi connectivity index (χ2v) is 13.5. The fraction of sp³-hybridized carbons (Fsp3) is 0.476. The van der Waals surface area contributed by atoms with Crippen molar-refractivity contribution in [1.29, 1.82) is 0 Å². The van der Waals surface area contributed by atoms with E-state index in [1.54, 1.807) is 30.3 Å². The average molecular weight is 650 g/mol. The quantitative estimate of drug-likeness (QED) is 0.0803. The van der Waals surface area contributed by atoms with Gasteiger partial charge in [0.15, 0.2) is 17.5 Å². The van der Waals surface area contributed by atoms with Crippen LogP contribution in [0.15, 0.2) is 72.8 Å². The van der Waals surface area contributed by atoms with Gasteiger partial charge in [0.05, 0.1) is 17.7 Å². The highest BCUT2D eigenvalue weighted by Crippen LogP contribution is 2.31. The van der Waals surface area contributed by atoms with Crippen LogP contribution in [0.1, 0.15) is 115 Å². The monoisotopic (exact) mass is 649 g/mol. The van der Waals surface area contributed by atoms with Gasteiger partial charge in [-0.1, -0.05) is 135 Å². The Morgan fingerprint density at radius 3 is 1.90 bits per heavy atom. The largest absolute Gasteiger partial charge is 0.507 e. The van der Waals surface area contributed by atoms with Crippen LogP contribution in [0.3, 0.4) is 0 Å². The van der Waals surface area contributed by atoms with Crippen molar-refractivity contribution in [2.24, 2.45) is 17.8 Å². The molecule has 0 amide bonds. The first-order valence-electron chi connectivity index (χ1n) is 18.2. The third-order valence-electron chi connectivity index (χ3n) is 9.76. The first kappa shape index (κ1) is 36.8. The number of phenolic OH excluding ortho intramolecular Hbond substituents is 1. The van der Waals surface area contributed by atoms with Crippen molar-refractivity contribution in [3.8, 4) is 39.9 Å². The summed E-state index contributed by atoms with van der Waals surface area (Å²) in [7, 11) is 0. The predicted molar refractivity (Wildman–Crippen MR) is 197 cm³/mol. The van der Waals surface area contributed by atoms with Gasteiger partial charge in [0.2, 0.25) is 0 Å². The summed E-state index contributed by atoms with van der Waals surface area (Å²) in [6, 6.07) is 22.4. The van der Waals surface area contributed by atoms with E-state index >= 15 is 0 Å². The zero-order chi connectivity index (χ0) is 34.3. The Labute approximate surface area is 288 Å². The maximum atomic E-state index is 13.2. The molecule has 1 aromatic heterocycles. The minimum Gasteiger partial charge on any atom is -0.507 e. The molecule has 0 aliphatic carbocycles. The van der Waals surface area contributed by atoms with Crippen molar-refractivity contribution >= 4 is 5.97 Å². The standard InChI is InChI=1S/C42H55N3O3/c1-6-30(4)17-10-9-11-19-32(20-16-18-31(5)7-2)29-48-42(47)35-27-25-34(26-28-35)39-43-40(36-22-13-12-21-33(36)8-3)45-41(44-39)37-23-14-15-24-38(37)46/h12-15,21-28,30-32,46H,6-11,16-20,29H2,1-5H3. The van der Waals surface area contributed by atoms with Crippen LogP contribution in [0.4, 0.5) is 0 Å². The lowest BCUT2D eigenvalue weighted by Crippen LogP contribution is -2.15. The van der Waals surface area contributed by atoms with Crippen LogP contribution in [0.5, 0.6) is 5.75 Å². The van der Waals surface area contributed by atoms with E-state index in [1.807, 2.05) is 36.4 Å². The molecule has 4 aromatic rings. The Bertz CT molecular complexity index is 1570. The highest BCUT2D eigenvalue weighted by Gasteiger charge is 2.18. The molecule has 0 spiro atoms. The topological polar surface area (TPSA) is 85.2 Å². The van der Waals surface area contributed by atoms with Gasteiger partial charge in [-0.3, -0.25) is 0 Å². The minimum absolute atomic E-state index is 0.103. The van der Waals surface area contributed by atoms with E-state index in [0.717, 1.165) is 47.8 Å². The number of hydrogen-bond donors (Lipinski definition) is 1. The molecule has 1 N–H and O–H groups in total. The summed E-state index contributed by atoms with van der Waals surface area (Å²) in [4.78, 5) is 27.6. The number of para-hydroxylation sites is 1. The smallest absolute Gasteiger partial charge is 0.338 e. The van der Waals surface area contributed by atoms with Gasteiger partial charge < -0.3 is 9.84 Å². The van der Waals surface area contributed by atoms with Gasteiger partial charge in [-0.25, -0.2) is 19.7 Å². The molecule has 0 aliphatic rings. The molecular formula is C42H55N3O3. The second kappa shape index (κ2) is 19.1. The van der Waals surface area contributed by atoms with E-state index < -0.39 is 0 Å². The van der Waals surface area contributed by atoms with Gasteiger partial charge >= 0.3 is 5.97 Å². The number of aromatic nitrogens is 3. The summed E-state index contributed by atoms with van der Waals surface area (Å²) in [5, 5.41) is 10.6. The minimum atomic E-state index is -0.298. The van der Waals surface area contributed by atoms with Crippen LogP contribution in [-0.4, -0.2) is 32.6 Å². The Balaban J connectivity index is 1.48. The van der Waals surface area contributed by atoms with Crippen molar-refractivity contribution in [3.05, 3.63) is 83.9 Å². The first-order chi connectivity index (χ1) is 23.3. The molecule has 0 saturated heterocycles. The number of aryl methyl sites for hydroxylation is 1. The number of phenols is 1. The molecule has 0 aliphatic heterocycles. The number of aromatic hydroxyl groups is 1. The number of rotatable bonds is 19. The fourth-order valence-corrected chi connectivity index (χ4v) is 6.06. The van der Waals surface area contributed by atoms with Crippen LogP contribution >= 0.6 is 0 Å². The molecule has 1 heterocycles. The lowest BCUT2D eigenvalue weighted by Gasteiger charge is -2.18. The number of carbonyl (C=O) groups excluding carboxylic acids is 1. The van der Waals surface area contributed by atoms with Crippen LogP contribution in [0, 0.1) is 17.8 Å². The maximum Gasteiger partial charge on any atom is 0.338 e. The normalized spacial score (nSPS) is 13.2. The van der Waals surface area contributed by atoms with E-state index in [2.05, 4.69) is 40.7 Å². The Hall–Kier alpha value is -4.06. The van der Waals surface area contributed by atoms with Gasteiger partial charge in [0.25, 0.3) is 0 Å². The third kappa shape index (κ3) is 10.7. The van der Waals surface area contributed by atoms with Gasteiger partial charge in [0.1, 0.15) is 5.75 Å². The summed E-state index contributed by atoms with van der Waals surface area (Å²) < 4.78 is 5.92. The number of carbonyl (C=O) groups is 1. The average Bonchev–Trinajstić information content (AvgIpc) is 3.12. The van der Waals surface area contributed by atoms with Gasteiger partial charge in [0, 0.05) is 11.1 Å². The molecule has 3 atom stereocenters. The van der Waals surface area contributed by atoms with Crippen LogP contribution in [-0.2, 0) is 11.2 Å². The van der Waals surface area contributed by atoms with Gasteiger partial charge in [-0.15, -0.1) is 0 Å². The number of ether oxygens (including phenoxy) is 1. The second-order valence-electron chi connectivity index (χ2n) is 13.5. The number of benzene rings is 3. The molecule has 6 heteroatoms. The molecule has 256 valence electrons. The molecule has 48 heavy (non-hydrogen) atoms. The summed E-state index contributed by atoms with van der Waals surface area (Å²) in [5.74, 6) is 3.13. The van der Waals surface area contributed by atoms with Gasteiger partial charge in [-0.2, -0.15) is 0 Å². The molecule has 0 radical (unpaired) electrons. The zero-order valence-corrected chi connectivity index (χ0v) is 29.8. The number of nitrogens with zero attached hydrogens (tertiary/aromatic N) is 3.